The number of nitrogens with two attached hydrogens (primary N) is 1. The number of nitrogens with one attached hydrogen (secondary N) is 1. The van der Waals surface area contributed by atoms with Gasteiger partial charge in [-0.15, -0.1) is 0 Å². The quantitative estimate of drug-likeness (QED) is 0.644. The number of anilines is 2. The van der Waals surface area contributed by atoms with E-state index in [0.717, 1.165) is 11.4 Å². The highest BCUT2D eigenvalue weighted by molar-refractivity contribution is 5.82. The largest absolute Gasteiger partial charge is 0.482 e. The first-order chi connectivity index (χ1) is 14.5. The molecule has 1 aliphatic heterocycles. The van der Waals surface area contributed by atoms with Crippen LogP contribution in [0.1, 0.15) is 12.8 Å². The number of carbonyl (C=O) groups excluding carboxylic acids is 3. The number of hydrogen-bond acceptors (Lipinski definition) is 6. The Morgan fingerprint density at radius 1 is 1.00 bits per heavy atom. The van der Waals surface area contributed by atoms with Crippen molar-refractivity contribution in [2.75, 3.05) is 31.6 Å². The van der Waals surface area contributed by atoms with Crippen molar-refractivity contribution in [3.63, 3.8) is 0 Å². The highest BCUT2D eigenvalue weighted by Gasteiger charge is 2.27. The van der Waals surface area contributed by atoms with Gasteiger partial charge in [-0.1, -0.05) is 18.2 Å². The Morgan fingerprint density at radius 2 is 1.70 bits per heavy atom. The Balaban J connectivity index is 1.39. The number of piperidine rings is 1. The Labute approximate surface area is 174 Å². The van der Waals surface area contributed by atoms with Crippen molar-refractivity contribution >= 4 is 29.2 Å². The highest BCUT2D eigenvalue weighted by Crippen LogP contribution is 2.20. The minimum Gasteiger partial charge on any atom is -0.482 e. The Kier molecular flexibility index (Phi) is 7.26. The summed E-state index contributed by atoms with van der Waals surface area (Å²) in [6, 6.07) is 16.9. The van der Waals surface area contributed by atoms with Gasteiger partial charge in [0, 0.05) is 24.5 Å². The number of nitrogens with zero attached hydrogens (tertiary/aromatic N) is 1. The number of rotatable bonds is 8. The summed E-state index contributed by atoms with van der Waals surface area (Å²) in [4.78, 5) is 36.9. The van der Waals surface area contributed by atoms with E-state index in [1.807, 2.05) is 42.5 Å². The van der Waals surface area contributed by atoms with Crippen LogP contribution in [-0.2, 0) is 19.1 Å². The smallest absolute Gasteiger partial charge is 0.344 e. The molecular weight excluding hydrogens is 386 g/mol. The first kappa shape index (κ1) is 21.2. The van der Waals surface area contributed by atoms with Gasteiger partial charge >= 0.3 is 5.97 Å². The summed E-state index contributed by atoms with van der Waals surface area (Å²) in [6.07, 6.45) is 1.37. The fourth-order valence-corrected chi connectivity index (χ4v) is 3.18. The van der Waals surface area contributed by atoms with E-state index in [-0.39, 0.29) is 31.6 Å². The lowest BCUT2D eigenvalue weighted by molar-refractivity contribution is -0.154. The standard InChI is InChI=1S/C22H25N3O5/c23-22(28)16-5-4-12-25(13-16)20(26)14-30-21(27)15-29-19-10-8-18(9-11-19)24-17-6-2-1-3-7-17/h1-3,6-11,16,24H,4-5,12-15H2,(H2,23,28)/t16-/m1/s1. The topological polar surface area (TPSA) is 111 Å². The normalized spacial score (nSPS) is 15.9. The van der Waals surface area contributed by atoms with E-state index in [2.05, 4.69) is 5.32 Å². The van der Waals surface area contributed by atoms with Gasteiger partial charge in [0.15, 0.2) is 13.2 Å². The molecule has 1 atom stereocenters. The number of likely N-dealkylation sites (tertiary alicyclic amines) is 1. The van der Waals surface area contributed by atoms with Crippen molar-refractivity contribution in [1.29, 1.82) is 0 Å². The summed E-state index contributed by atoms with van der Waals surface area (Å²) < 4.78 is 10.4. The summed E-state index contributed by atoms with van der Waals surface area (Å²) >= 11 is 0. The molecule has 2 amide bonds. The first-order valence-electron chi connectivity index (χ1n) is 9.79. The second kappa shape index (κ2) is 10.3. The summed E-state index contributed by atoms with van der Waals surface area (Å²) in [5, 5.41) is 3.25. The van der Waals surface area contributed by atoms with Crippen LogP contribution in [-0.4, -0.2) is 49.0 Å². The van der Waals surface area contributed by atoms with Crippen LogP contribution >= 0.6 is 0 Å². The summed E-state index contributed by atoms with van der Waals surface area (Å²) in [5.74, 6) is -1.23. The van der Waals surface area contributed by atoms with Crippen LogP contribution in [0, 0.1) is 5.92 Å². The molecule has 1 fully saturated rings. The van der Waals surface area contributed by atoms with E-state index in [1.165, 1.54) is 4.90 Å². The van der Waals surface area contributed by atoms with Gasteiger partial charge in [0.25, 0.3) is 5.91 Å². The predicted octanol–water partition coefficient (Wildman–Crippen LogP) is 2.08. The minimum atomic E-state index is -0.640. The van der Waals surface area contributed by atoms with Gasteiger partial charge in [-0.3, -0.25) is 9.59 Å². The van der Waals surface area contributed by atoms with E-state index in [1.54, 1.807) is 12.1 Å². The third kappa shape index (κ3) is 6.23. The monoisotopic (exact) mass is 411 g/mol. The van der Waals surface area contributed by atoms with Gasteiger partial charge < -0.3 is 25.4 Å². The third-order valence-electron chi connectivity index (χ3n) is 4.81. The number of benzene rings is 2. The van der Waals surface area contributed by atoms with Gasteiger partial charge in [0.05, 0.1) is 5.92 Å². The second-order valence-corrected chi connectivity index (χ2v) is 7.05. The van der Waals surface area contributed by atoms with Gasteiger partial charge in [-0.05, 0) is 49.2 Å². The lowest BCUT2D eigenvalue weighted by Gasteiger charge is -2.31. The molecule has 1 aliphatic rings. The Morgan fingerprint density at radius 3 is 2.40 bits per heavy atom. The molecule has 3 rings (SSSR count). The fourth-order valence-electron chi connectivity index (χ4n) is 3.18. The van der Waals surface area contributed by atoms with E-state index in [9.17, 15) is 14.4 Å². The molecule has 1 heterocycles. The maximum atomic E-state index is 12.2. The van der Waals surface area contributed by atoms with Crippen LogP contribution < -0.4 is 15.8 Å². The van der Waals surface area contributed by atoms with Crippen molar-refractivity contribution in [2.24, 2.45) is 11.7 Å². The number of para-hydroxylation sites is 1. The molecule has 30 heavy (non-hydrogen) atoms. The molecule has 0 spiro atoms. The zero-order chi connectivity index (χ0) is 21.3. The molecule has 0 saturated carbocycles. The van der Waals surface area contributed by atoms with Crippen LogP contribution in [0.15, 0.2) is 54.6 Å². The fraction of sp³-hybridized carbons (Fsp3) is 0.318. The number of ether oxygens (including phenoxy) is 2. The lowest BCUT2D eigenvalue weighted by Crippen LogP contribution is -2.45. The average Bonchev–Trinajstić information content (AvgIpc) is 2.77. The van der Waals surface area contributed by atoms with Crippen molar-refractivity contribution < 1.29 is 23.9 Å². The lowest BCUT2D eigenvalue weighted by atomic mass is 9.97. The van der Waals surface area contributed by atoms with Crippen molar-refractivity contribution in [1.82, 2.24) is 4.90 Å². The molecule has 1 saturated heterocycles. The SMILES string of the molecule is NC(=O)[C@@H]1CCCN(C(=O)COC(=O)COc2ccc(Nc3ccccc3)cc2)C1. The summed E-state index contributed by atoms with van der Waals surface area (Å²) in [5.41, 5.74) is 7.17. The zero-order valence-electron chi connectivity index (χ0n) is 16.6. The van der Waals surface area contributed by atoms with E-state index < -0.39 is 11.9 Å². The van der Waals surface area contributed by atoms with Crippen molar-refractivity contribution in [3.05, 3.63) is 54.6 Å². The van der Waals surface area contributed by atoms with Gasteiger partial charge in [-0.2, -0.15) is 0 Å². The van der Waals surface area contributed by atoms with Gasteiger partial charge in [0.1, 0.15) is 5.75 Å². The molecule has 158 valence electrons. The second-order valence-electron chi connectivity index (χ2n) is 7.05. The van der Waals surface area contributed by atoms with Crippen LogP contribution in [0.3, 0.4) is 0 Å². The average molecular weight is 411 g/mol. The molecule has 0 aliphatic carbocycles. The molecule has 8 nitrogen and oxygen atoms in total. The van der Waals surface area contributed by atoms with Crippen molar-refractivity contribution in [2.45, 2.75) is 12.8 Å². The maximum Gasteiger partial charge on any atom is 0.344 e. The zero-order valence-corrected chi connectivity index (χ0v) is 16.6. The number of amides is 2. The number of carbonyl (C=O) groups is 3. The number of hydrogen-bond donors (Lipinski definition) is 2. The third-order valence-corrected chi connectivity index (χ3v) is 4.81. The van der Waals surface area contributed by atoms with E-state index >= 15 is 0 Å². The molecule has 0 unspecified atom stereocenters. The summed E-state index contributed by atoms with van der Waals surface area (Å²) in [7, 11) is 0. The molecule has 0 bridgehead atoms. The number of esters is 1. The van der Waals surface area contributed by atoms with E-state index in [4.69, 9.17) is 15.2 Å². The number of primary amides is 1. The molecule has 2 aromatic rings. The minimum absolute atomic E-state index is 0.269. The predicted molar refractivity (Wildman–Crippen MR) is 111 cm³/mol. The van der Waals surface area contributed by atoms with Crippen LogP contribution in [0.5, 0.6) is 5.75 Å². The van der Waals surface area contributed by atoms with Crippen LogP contribution in [0.25, 0.3) is 0 Å². The van der Waals surface area contributed by atoms with Crippen LogP contribution in [0.2, 0.25) is 0 Å². The van der Waals surface area contributed by atoms with Crippen molar-refractivity contribution in [3.8, 4) is 5.75 Å². The molecule has 3 N–H and O–H groups in total. The molecule has 8 heteroatoms. The van der Waals surface area contributed by atoms with Gasteiger partial charge in [0.2, 0.25) is 5.91 Å². The Hall–Kier alpha value is -3.55. The molecule has 2 aromatic carbocycles. The van der Waals surface area contributed by atoms with Gasteiger partial charge in [-0.25, -0.2) is 4.79 Å². The molecule has 0 radical (unpaired) electrons. The molecular formula is C22H25N3O5. The Bertz CT molecular complexity index is 870. The maximum absolute atomic E-state index is 12.2. The highest BCUT2D eigenvalue weighted by atomic mass is 16.6. The summed E-state index contributed by atoms with van der Waals surface area (Å²) in [6.45, 7) is 0.113. The molecule has 0 aromatic heterocycles. The van der Waals surface area contributed by atoms with E-state index in [0.29, 0.717) is 25.1 Å². The van der Waals surface area contributed by atoms with Crippen LogP contribution in [0.4, 0.5) is 11.4 Å². The first-order valence-corrected chi connectivity index (χ1v) is 9.79.